The molecule has 1 aliphatic rings. The molecule has 0 fully saturated rings. The number of nitrogens with one attached hydrogen (secondary N) is 1. The van der Waals surface area contributed by atoms with Crippen LogP contribution >= 0.6 is 0 Å². The van der Waals surface area contributed by atoms with E-state index in [0.717, 1.165) is 24.0 Å². The largest absolute Gasteiger partial charge is 0.508 e. The van der Waals surface area contributed by atoms with E-state index in [9.17, 15) is 9.90 Å². The molecule has 158 valence electrons. The summed E-state index contributed by atoms with van der Waals surface area (Å²) in [6.45, 7) is 4.12. The SMILES string of the molecule is Cc1ccc(C2=C(c3ccc(O)cc3)CCC(C(=O)NC(C)c3ccccc3)C2)cc1. The molecule has 4 rings (SSSR count). The lowest BCUT2D eigenvalue weighted by atomic mass is 9.78. The van der Waals surface area contributed by atoms with Crippen molar-refractivity contribution in [2.24, 2.45) is 5.92 Å². The Labute approximate surface area is 184 Å². The van der Waals surface area contributed by atoms with E-state index in [2.05, 4.69) is 36.5 Å². The van der Waals surface area contributed by atoms with Crippen molar-refractivity contribution in [3.05, 3.63) is 101 Å². The lowest BCUT2D eigenvalue weighted by molar-refractivity contribution is -0.125. The molecule has 31 heavy (non-hydrogen) atoms. The van der Waals surface area contributed by atoms with E-state index < -0.39 is 0 Å². The maximum atomic E-state index is 13.1. The molecule has 3 aromatic rings. The molecule has 2 atom stereocenters. The van der Waals surface area contributed by atoms with Crippen LogP contribution in [0.5, 0.6) is 5.75 Å². The molecule has 0 aliphatic heterocycles. The zero-order chi connectivity index (χ0) is 21.8. The molecule has 0 saturated heterocycles. The van der Waals surface area contributed by atoms with Crippen LogP contribution in [-0.2, 0) is 4.79 Å². The molecule has 0 radical (unpaired) electrons. The summed E-state index contributed by atoms with van der Waals surface area (Å²) in [6, 6.07) is 26.0. The van der Waals surface area contributed by atoms with Crippen molar-refractivity contribution in [2.45, 2.75) is 39.2 Å². The van der Waals surface area contributed by atoms with Crippen LogP contribution in [0.4, 0.5) is 0 Å². The number of hydrogen-bond acceptors (Lipinski definition) is 2. The van der Waals surface area contributed by atoms with Gasteiger partial charge in [-0.3, -0.25) is 4.79 Å². The molecule has 0 bridgehead atoms. The van der Waals surface area contributed by atoms with E-state index in [0.29, 0.717) is 6.42 Å². The van der Waals surface area contributed by atoms with Crippen molar-refractivity contribution in [2.75, 3.05) is 0 Å². The molecular formula is C28H29NO2. The predicted octanol–water partition coefficient (Wildman–Crippen LogP) is 6.29. The summed E-state index contributed by atoms with van der Waals surface area (Å²) < 4.78 is 0. The zero-order valence-electron chi connectivity index (χ0n) is 18.1. The number of allylic oxidation sites excluding steroid dienone is 2. The second-order valence-corrected chi connectivity index (χ2v) is 8.45. The van der Waals surface area contributed by atoms with Gasteiger partial charge in [-0.15, -0.1) is 0 Å². The smallest absolute Gasteiger partial charge is 0.223 e. The van der Waals surface area contributed by atoms with Gasteiger partial charge in [0.25, 0.3) is 0 Å². The van der Waals surface area contributed by atoms with E-state index >= 15 is 0 Å². The summed E-state index contributed by atoms with van der Waals surface area (Å²) >= 11 is 0. The minimum atomic E-state index is -0.0525. The molecule has 1 amide bonds. The standard InChI is InChI=1S/C28H29NO2/c1-19-8-10-23(11-9-19)27-18-24(14-17-26(27)22-12-15-25(30)16-13-22)28(31)29-20(2)21-6-4-3-5-7-21/h3-13,15-16,20,24,30H,14,17-18H2,1-2H3,(H,29,31). The van der Waals surface area contributed by atoms with Crippen LogP contribution in [-0.4, -0.2) is 11.0 Å². The highest BCUT2D eigenvalue weighted by Crippen LogP contribution is 2.41. The van der Waals surface area contributed by atoms with Crippen molar-refractivity contribution in [1.82, 2.24) is 5.32 Å². The molecule has 0 heterocycles. The molecule has 2 N–H and O–H groups in total. The first-order valence-corrected chi connectivity index (χ1v) is 10.9. The minimum absolute atomic E-state index is 0.0148. The third kappa shape index (κ3) is 4.88. The second-order valence-electron chi connectivity index (χ2n) is 8.45. The van der Waals surface area contributed by atoms with Crippen molar-refractivity contribution >= 4 is 17.1 Å². The van der Waals surface area contributed by atoms with Crippen LogP contribution in [0.1, 0.15) is 54.5 Å². The van der Waals surface area contributed by atoms with Gasteiger partial charge in [0.15, 0.2) is 0 Å². The van der Waals surface area contributed by atoms with Gasteiger partial charge in [0.1, 0.15) is 5.75 Å². The molecule has 3 nitrogen and oxygen atoms in total. The third-order valence-corrected chi connectivity index (χ3v) is 6.20. The van der Waals surface area contributed by atoms with Crippen LogP contribution in [0.25, 0.3) is 11.1 Å². The molecule has 1 aliphatic carbocycles. The number of benzene rings is 3. The van der Waals surface area contributed by atoms with E-state index in [1.165, 1.54) is 22.3 Å². The van der Waals surface area contributed by atoms with Crippen LogP contribution in [0.2, 0.25) is 0 Å². The van der Waals surface area contributed by atoms with E-state index in [1.54, 1.807) is 12.1 Å². The van der Waals surface area contributed by atoms with Gasteiger partial charge in [-0.25, -0.2) is 0 Å². The summed E-state index contributed by atoms with van der Waals surface area (Å²) in [4.78, 5) is 13.1. The van der Waals surface area contributed by atoms with Gasteiger partial charge in [0.05, 0.1) is 6.04 Å². The van der Waals surface area contributed by atoms with Gasteiger partial charge < -0.3 is 10.4 Å². The van der Waals surface area contributed by atoms with E-state index in [1.807, 2.05) is 49.4 Å². The fourth-order valence-electron chi connectivity index (χ4n) is 4.35. The molecule has 0 aromatic heterocycles. The number of rotatable bonds is 5. The van der Waals surface area contributed by atoms with Crippen LogP contribution in [0, 0.1) is 12.8 Å². The first-order valence-electron chi connectivity index (χ1n) is 10.9. The fourth-order valence-corrected chi connectivity index (χ4v) is 4.35. The molecule has 3 aromatic carbocycles. The Bertz CT molecular complexity index is 1070. The number of phenols is 1. The van der Waals surface area contributed by atoms with Gasteiger partial charge in [-0.05, 0) is 73.1 Å². The van der Waals surface area contributed by atoms with E-state index in [4.69, 9.17) is 0 Å². The predicted molar refractivity (Wildman–Crippen MR) is 126 cm³/mol. The van der Waals surface area contributed by atoms with Gasteiger partial charge in [0.2, 0.25) is 5.91 Å². The van der Waals surface area contributed by atoms with Crippen molar-refractivity contribution < 1.29 is 9.90 Å². The number of phenolic OH excluding ortho intramolecular Hbond substituents is 1. The number of aromatic hydroxyl groups is 1. The van der Waals surface area contributed by atoms with Gasteiger partial charge in [-0.1, -0.05) is 72.3 Å². The van der Waals surface area contributed by atoms with Crippen molar-refractivity contribution in [3.63, 3.8) is 0 Å². The molecular weight excluding hydrogens is 382 g/mol. The first-order chi connectivity index (χ1) is 15.0. The van der Waals surface area contributed by atoms with Crippen LogP contribution < -0.4 is 5.32 Å². The highest BCUT2D eigenvalue weighted by molar-refractivity contribution is 5.94. The second kappa shape index (κ2) is 9.22. The molecule has 3 heteroatoms. The summed E-state index contributed by atoms with van der Waals surface area (Å²) in [6.07, 6.45) is 2.37. The lowest BCUT2D eigenvalue weighted by Crippen LogP contribution is -2.34. The minimum Gasteiger partial charge on any atom is -0.508 e. The summed E-state index contributed by atoms with van der Waals surface area (Å²) in [5.41, 5.74) is 7.11. The van der Waals surface area contributed by atoms with Crippen molar-refractivity contribution in [3.8, 4) is 5.75 Å². The summed E-state index contributed by atoms with van der Waals surface area (Å²) in [5, 5.41) is 12.9. The maximum absolute atomic E-state index is 13.1. The van der Waals surface area contributed by atoms with Gasteiger partial charge in [0, 0.05) is 5.92 Å². The Morgan fingerprint density at radius 2 is 1.52 bits per heavy atom. The Hall–Kier alpha value is -3.33. The highest BCUT2D eigenvalue weighted by atomic mass is 16.3. The van der Waals surface area contributed by atoms with Crippen LogP contribution in [0.3, 0.4) is 0 Å². The lowest BCUT2D eigenvalue weighted by Gasteiger charge is -2.28. The number of amides is 1. The Morgan fingerprint density at radius 1 is 0.903 bits per heavy atom. The number of aryl methyl sites for hydroxylation is 1. The van der Waals surface area contributed by atoms with Crippen molar-refractivity contribution in [1.29, 1.82) is 0 Å². The third-order valence-electron chi connectivity index (χ3n) is 6.20. The Balaban J connectivity index is 1.60. The highest BCUT2D eigenvalue weighted by Gasteiger charge is 2.28. The maximum Gasteiger partial charge on any atom is 0.223 e. The van der Waals surface area contributed by atoms with Crippen LogP contribution in [0.15, 0.2) is 78.9 Å². The molecule has 2 unspecified atom stereocenters. The first kappa shape index (κ1) is 20.9. The number of hydrogen-bond donors (Lipinski definition) is 2. The average molecular weight is 412 g/mol. The number of carbonyl (C=O) groups excluding carboxylic acids is 1. The average Bonchev–Trinajstić information content (AvgIpc) is 2.80. The fraction of sp³-hybridized carbons (Fsp3) is 0.250. The Morgan fingerprint density at radius 3 is 2.19 bits per heavy atom. The summed E-state index contributed by atoms with van der Waals surface area (Å²) in [5.74, 6) is 0.332. The Kier molecular flexibility index (Phi) is 6.22. The van der Waals surface area contributed by atoms with Gasteiger partial charge in [-0.2, -0.15) is 0 Å². The van der Waals surface area contributed by atoms with Gasteiger partial charge >= 0.3 is 0 Å². The topological polar surface area (TPSA) is 49.3 Å². The monoisotopic (exact) mass is 411 g/mol. The molecule has 0 spiro atoms. The number of carbonyl (C=O) groups is 1. The van der Waals surface area contributed by atoms with E-state index in [-0.39, 0.29) is 23.6 Å². The zero-order valence-corrected chi connectivity index (χ0v) is 18.1. The molecule has 0 saturated carbocycles. The summed E-state index contributed by atoms with van der Waals surface area (Å²) in [7, 11) is 0. The quantitative estimate of drug-likeness (QED) is 0.518. The normalized spacial score (nSPS) is 17.3.